The van der Waals surface area contributed by atoms with Gasteiger partial charge >= 0.3 is 11.3 Å². The van der Waals surface area contributed by atoms with E-state index in [1.807, 2.05) is 44.1 Å². The lowest BCUT2D eigenvalue weighted by molar-refractivity contribution is 0.620. The molecule has 2 aliphatic rings. The highest BCUT2D eigenvalue weighted by molar-refractivity contribution is 8.16. The van der Waals surface area contributed by atoms with Crippen LogP contribution in [-0.4, -0.2) is 14.1 Å². The molecule has 48 heavy (non-hydrogen) atoms. The van der Waals surface area contributed by atoms with E-state index >= 15 is 0 Å². The van der Waals surface area contributed by atoms with Gasteiger partial charge in [0.05, 0.1) is 23.1 Å². The number of allylic oxidation sites excluding steroid dienone is 9. The van der Waals surface area contributed by atoms with Crippen molar-refractivity contribution in [3.63, 3.8) is 0 Å². The number of rotatable bonds is 7. The Hall–Kier alpha value is -4.83. The van der Waals surface area contributed by atoms with Crippen molar-refractivity contribution in [3.05, 3.63) is 184 Å². The van der Waals surface area contributed by atoms with Gasteiger partial charge in [-0.2, -0.15) is 0 Å². The van der Waals surface area contributed by atoms with Crippen molar-refractivity contribution in [2.75, 3.05) is 19.0 Å². The summed E-state index contributed by atoms with van der Waals surface area (Å²) in [6.07, 6.45) is 16.3. The van der Waals surface area contributed by atoms with E-state index in [1.54, 1.807) is 0 Å². The first kappa shape index (κ1) is 31.8. The number of fused-ring (bicyclic) bond motifs is 1. The molecule has 2 heterocycles. The molecule has 0 unspecified atom stereocenters. The molecule has 7 rings (SSSR count). The monoisotopic (exact) mass is 662 g/mol. The summed E-state index contributed by atoms with van der Waals surface area (Å²) >= 11 is 8.97. The average molecular weight is 663 g/mol. The summed E-state index contributed by atoms with van der Waals surface area (Å²) < 4.78 is 6.45. The lowest BCUT2D eigenvalue weighted by Crippen LogP contribution is -2.08. The third kappa shape index (κ3) is 7.18. The molecule has 4 aromatic carbocycles. The summed E-state index contributed by atoms with van der Waals surface area (Å²) in [6.45, 7) is 0. The minimum absolute atomic E-state index is 0.839. The standard InChI is InChI=1S/C44H37ClNOS/c1-46(2)38-25-26-39-37(29-40(47-41(39)30-38)32-13-6-3-7-14-32)24-23-36-20-12-19-35(44(36)45)22-21-31-27-42(33-15-8-4-9-16-33)48-43(28-31)34-17-10-5-11-18-34/h3-11,13-18,21-30H,12,19-20H2,1-2H3/q+1/b24-23+,35-22+. The molecule has 1 aliphatic heterocycles. The van der Waals surface area contributed by atoms with Crippen molar-refractivity contribution < 1.29 is 4.42 Å². The third-order valence-corrected chi connectivity index (χ3v) is 10.3. The maximum atomic E-state index is 7.15. The Morgan fingerprint density at radius 2 is 1.31 bits per heavy atom. The van der Waals surface area contributed by atoms with Crippen LogP contribution < -0.4 is 4.90 Å². The Morgan fingerprint density at radius 3 is 1.94 bits per heavy atom. The van der Waals surface area contributed by atoms with Gasteiger partial charge in [0, 0.05) is 40.2 Å². The molecule has 0 bridgehead atoms. The zero-order valence-corrected chi connectivity index (χ0v) is 28.8. The molecule has 0 spiro atoms. The average Bonchev–Trinajstić information content (AvgIpc) is 3.14. The molecule has 0 N–H and O–H groups in total. The topological polar surface area (TPSA) is 14.5 Å². The van der Waals surface area contributed by atoms with Gasteiger partial charge in [0.15, 0.2) is 0 Å². The van der Waals surface area contributed by atoms with Crippen molar-refractivity contribution in [2.24, 2.45) is 0 Å². The summed E-state index contributed by atoms with van der Waals surface area (Å²) in [7, 11) is 4.09. The van der Waals surface area contributed by atoms with E-state index in [1.165, 1.54) is 26.5 Å². The molecule has 5 aromatic rings. The van der Waals surface area contributed by atoms with Crippen LogP contribution in [0.25, 0.3) is 38.2 Å². The van der Waals surface area contributed by atoms with Crippen LogP contribution in [0.5, 0.6) is 0 Å². The number of nitrogens with zero attached hydrogens (tertiary/aromatic N) is 1. The summed E-state index contributed by atoms with van der Waals surface area (Å²) in [6, 6.07) is 40.0. The second kappa shape index (κ2) is 14.5. The van der Waals surface area contributed by atoms with Crippen LogP contribution in [0.15, 0.2) is 172 Å². The van der Waals surface area contributed by atoms with Crippen molar-refractivity contribution in [1.82, 2.24) is 0 Å². The first-order chi connectivity index (χ1) is 23.5. The Labute approximate surface area is 292 Å². The van der Waals surface area contributed by atoms with Gasteiger partial charge in [0.1, 0.15) is 0 Å². The fraction of sp³-hybridized carbons (Fsp3) is 0.114. The van der Waals surface area contributed by atoms with Crippen LogP contribution in [0.4, 0.5) is 5.69 Å². The van der Waals surface area contributed by atoms with Crippen LogP contribution in [0, 0.1) is 0 Å². The second-order valence-corrected chi connectivity index (χ2v) is 13.7. The van der Waals surface area contributed by atoms with E-state index in [2.05, 4.69) is 138 Å². The fourth-order valence-electron chi connectivity index (χ4n) is 6.06. The lowest BCUT2D eigenvalue weighted by atomic mass is 9.93. The lowest BCUT2D eigenvalue weighted by Gasteiger charge is -2.18. The smallest absolute Gasteiger partial charge is 0.363 e. The number of benzene rings is 4. The van der Waals surface area contributed by atoms with E-state index in [9.17, 15) is 0 Å². The summed E-state index contributed by atoms with van der Waals surface area (Å²) in [5.74, 6) is 0.839. The first-order valence-electron chi connectivity index (χ1n) is 16.4. The van der Waals surface area contributed by atoms with E-state index in [4.69, 9.17) is 16.0 Å². The third-order valence-electron chi connectivity index (χ3n) is 8.69. The summed E-state index contributed by atoms with van der Waals surface area (Å²) in [5, 5.41) is 1.92. The molecule has 0 fully saturated rings. The number of thioether (sulfide) groups is 1. The highest BCUT2D eigenvalue weighted by Crippen LogP contribution is 2.44. The molecule has 1 aliphatic carbocycles. The van der Waals surface area contributed by atoms with E-state index in [0.29, 0.717) is 0 Å². The van der Waals surface area contributed by atoms with Crippen molar-refractivity contribution in [3.8, 4) is 11.3 Å². The Bertz CT molecular complexity index is 2080. The quantitative estimate of drug-likeness (QED) is 0.161. The molecule has 0 atom stereocenters. The summed E-state index contributed by atoms with van der Waals surface area (Å²) in [5.41, 5.74) is 10.0. The fourth-order valence-corrected chi connectivity index (χ4v) is 7.51. The second-order valence-electron chi connectivity index (χ2n) is 12.2. The largest absolute Gasteiger partial charge is 0.377 e. The summed E-state index contributed by atoms with van der Waals surface area (Å²) in [4.78, 5) is 4.58. The first-order valence-corrected chi connectivity index (χ1v) is 17.5. The molecule has 0 amide bonds. The van der Waals surface area contributed by atoms with Crippen molar-refractivity contribution in [2.45, 2.75) is 19.3 Å². The van der Waals surface area contributed by atoms with Crippen LogP contribution in [0.1, 0.15) is 36.0 Å². The number of anilines is 1. The molecular formula is C44H37ClNOS+. The van der Waals surface area contributed by atoms with Gasteiger partial charge in [-0.05, 0) is 83.5 Å². The predicted molar refractivity (Wildman–Crippen MR) is 209 cm³/mol. The van der Waals surface area contributed by atoms with Gasteiger partial charge in [-0.1, -0.05) is 127 Å². The van der Waals surface area contributed by atoms with Gasteiger partial charge < -0.3 is 4.90 Å². The highest BCUT2D eigenvalue weighted by Gasteiger charge is 2.20. The van der Waals surface area contributed by atoms with E-state index in [-0.39, 0.29) is 0 Å². The molecule has 0 radical (unpaired) electrons. The maximum absolute atomic E-state index is 7.15. The Kier molecular flexibility index (Phi) is 9.60. The van der Waals surface area contributed by atoms with Crippen LogP contribution in [0.2, 0.25) is 0 Å². The van der Waals surface area contributed by atoms with Crippen LogP contribution in [0.3, 0.4) is 0 Å². The molecular weight excluding hydrogens is 626 g/mol. The van der Waals surface area contributed by atoms with Gasteiger partial charge in [0.2, 0.25) is 0 Å². The molecule has 1 aromatic heterocycles. The SMILES string of the molecule is CN(C)c1ccc2c(/C=C/C3=C(Cl)C(=C/C=C4C=C(c5ccccc5)SC(c5ccccc5)=C4)/CCC3)cc(-c3ccccc3)[o+]c2c1. The van der Waals surface area contributed by atoms with Crippen LogP contribution >= 0.6 is 23.4 Å². The molecule has 2 nitrogen and oxygen atoms in total. The van der Waals surface area contributed by atoms with Gasteiger partial charge in [-0.25, -0.2) is 4.42 Å². The number of hydrogen-bond acceptors (Lipinski definition) is 2. The van der Waals surface area contributed by atoms with Crippen molar-refractivity contribution in [1.29, 1.82) is 0 Å². The number of halogens is 1. The minimum Gasteiger partial charge on any atom is -0.377 e. The zero-order valence-electron chi connectivity index (χ0n) is 27.2. The van der Waals surface area contributed by atoms with Gasteiger partial charge in [0.25, 0.3) is 0 Å². The zero-order chi connectivity index (χ0) is 32.9. The highest BCUT2D eigenvalue weighted by atomic mass is 35.5. The Morgan fingerprint density at radius 1 is 0.688 bits per heavy atom. The predicted octanol–water partition coefficient (Wildman–Crippen LogP) is 12.8. The molecule has 236 valence electrons. The molecule has 0 saturated heterocycles. The number of hydrogen-bond donors (Lipinski definition) is 0. The van der Waals surface area contributed by atoms with Gasteiger partial charge in [-0.3, -0.25) is 0 Å². The maximum Gasteiger partial charge on any atom is 0.363 e. The van der Waals surface area contributed by atoms with Gasteiger partial charge in [-0.15, -0.1) is 0 Å². The van der Waals surface area contributed by atoms with E-state index < -0.39 is 0 Å². The van der Waals surface area contributed by atoms with Crippen LogP contribution in [-0.2, 0) is 0 Å². The van der Waals surface area contributed by atoms with Crippen molar-refractivity contribution >= 4 is 55.9 Å². The van der Waals surface area contributed by atoms with E-state index in [0.717, 1.165) is 69.0 Å². The minimum atomic E-state index is 0.839. The molecule has 0 saturated carbocycles. The molecule has 4 heteroatoms. The Balaban J connectivity index is 1.24. The normalized spacial score (nSPS) is 16.0.